The molecule has 4 nitrogen and oxygen atoms in total. The lowest BCUT2D eigenvalue weighted by Crippen LogP contribution is -2.45. The quantitative estimate of drug-likeness (QED) is 0.825. The van der Waals surface area contributed by atoms with Crippen molar-refractivity contribution in [3.63, 3.8) is 0 Å². The van der Waals surface area contributed by atoms with Gasteiger partial charge in [0.1, 0.15) is 0 Å². The highest BCUT2D eigenvalue weighted by molar-refractivity contribution is 5.95. The Morgan fingerprint density at radius 2 is 2.25 bits per heavy atom. The fourth-order valence-corrected chi connectivity index (χ4v) is 1.80. The fraction of sp³-hybridized carbons (Fsp3) is 0.250. The van der Waals surface area contributed by atoms with E-state index in [9.17, 15) is 4.79 Å². The van der Waals surface area contributed by atoms with Crippen LogP contribution in [-0.4, -0.2) is 18.9 Å². The standard InChI is InChI=1S/C12H14N2O2/c1-2-16-11-8-7-9-5-3-4-6-10(9)14(11)12(13)15/h3-8,11H,2H2,1H3,(H2,13,15). The molecule has 16 heavy (non-hydrogen) atoms. The van der Waals surface area contributed by atoms with Crippen LogP contribution in [0.4, 0.5) is 10.5 Å². The van der Waals surface area contributed by atoms with Gasteiger partial charge in [0.25, 0.3) is 0 Å². The summed E-state index contributed by atoms with van der Waals surface area (Å²) < 4.78 is 5.45. The van der Waals surface area contributed by atoms with Gasteiger partial charge in [-0.05, 0) is 24.6 Å². The number of amides is 2. The lowest BCUT2D eigenvalue weighted by Gasteiger charge is -2.31. The number of ether oxygens (including phenoxy) is 1. The number of hydrogen-bond donors (Lipinski definition) is 1. The van der Waals surface area contributed by atoms with E-state index in [-0.39, 0.29) is 0 Å². The van der Waals surface area contributed by atoms with Crippen molar-refractivity contribution in [2.75, 3.05) is 11.5 Å². The Morgan fingerprint density at radius 3 is 2.94 bits per heavy atom. The molecule has 0 bridgehead atoms. The van der Waals surface area contributed by atoms with E-state index in [1.165, 1.54) is 4.90 Å². The van der Waals surface area contributed by atoms with Crippen LogP contribution in [-0.2, 0) is 4.74 Å². The van der Waals surface area contributed by atoms with E-state index in [0.29, 0.717) is 6.61 Å². The molecule has 2 amide bonds. The molecule has 1 aliphatic heterocycles. The predicted molar refractivity (Wildman–Crippen MR) is 63.0 cm³/mol. The summed E-state index contributed by atoms with van der Waals surface area (Å²) in [5, 5.41) is 0. The lowest BCUT2D eigenvalue weighted by atomic mass is 10.1. The number of benzene rings is 1. The zero-order valence-corrected chi connectivity index (χ0v) is 9.09. The molecule has 0 fully saturated rings. The van der Waals surface area contributed by atoms with Crippen LogP contribution in [0.25, 0.3) is 6.08 Å². The van der Waals surface area contributed by atoms with E-state index in [1.807, 2.05) is 43.3 Å². The highest BCUT2D eigenvalue weighted by Gasteiger charge is 2.26. The first-order chi connectivity index (χ1) is 7.74. The van der Waals surface area contributed by atoms with Crippen LogP contribution >= 0.6 is 0 Å². The van der Waals surface area contributed by atoms with Crippen molar-refractivity contribution < 1.29 is 9.53 Å². The molecule has 0 spiro atoms. The minimum atomic E-state index is -0.504. The second-order valence-electron chi connectivity index (χ2n) is 3.47. The summed E-state index contributed by atoms with van der Waals surface area (Å²) >= 11 is 0. The number of hydrogen-bond acceptors (Lipinski definition) is 2. The number of carbonyl (C=O) groups excluding carboxylic acids is 1. The maximum Gasteiger partial charge on any atom is 0.321 e. The Hall–Kier alpha value is -1.81. The number of primary amides is 1. The summed E-state index contributed by atoms with van der Waals surface area (Å²) in [6, 6.07) is 7.08. The molecular weight excluding hydrogens is 204 g/mol. The van der Waals surface area contributed by atoms with Crippen molar-refractivity contribution >= 4 is 17.8 Å². The van der Waals surface area contributed by atoms with E-state index in [1.54, 1.807) is 0 Å². The number of anilines is 1. The Morgan fingerprint density at radius 1 is 1.50 bits per heavy atom. The van der Waals surface area contributed by atoms with Gasteiger partial charge in [-0.2, -0.15) is 0 Å². The monoisotopic (exact) mass is 218 g/mol. The van der Waals surface area contributed by atoms with Gasteiger partial charge in [-0.25, -0.2) is 4.79 Å². The van der Waals surface area contributed by atoms with E-state index >= 15 is 0 Å². The second kappa shape index (κ2) is 4.37. The van der Waals surface area contributed by atoms with Crippen LogP contribution in [0.2, 0.25) is 0 Å². The summed E-state index contributed by atoms with van der Waals surface area (Å²) in [6.45, 7) is 2.41. The Bertz CT molecular complexity index is 429. The van der Waals surface area contributed by atoms with Gasteiger partial charge in [-0.3, -0.25) is 4.90 Å². The smallest absolute Gasteiger partial charge is 0.321 e. The van der Waals surface area contributed by atoms with Crippen LogP contribution in [0.3, 0.4) is 0 Å². The minimum absolute atomic E-state index is 0.405. The molecule has 1 atom stereocenters. The normalized spacial score (nSPS) is 18.3. The number of urea groups is 1. The van der Waals surface area contributed by atoms with Gasteiger partial charge < -0.3 is 10.5 Å². The zero-order chi connectivity index (χ0) is 11.5. The summed E-state index contributed by atoms with van der Waals surface area (Å²) in [5.41, 5.74) is 7.13. The Balaban J connectivity index is 2.41. The van der Waals surface area contributed by atoms with Crippen molar-refractivity contribution in [3.05, 3.63) is 35.9 Å². The second-order valence-corrected chi connectivity index (χ2v) is 3.47. The van der Waals surface area contributed by atoms with Crippen LogP contribution in [0, 0.1) is 0 Å². The average molecular weight is 218 g/mol. The average Bonchev–Trinajstić information content (AvgIpc) is 2.28. The number of fused-ring (bicyclic) bond motifs is 1. The van der Waals surface area contributed by atoms with Gasteiger partial charge in [0.15, 0.2) is 6.23 Å². The maximum absolute atomic E-state index is 11.4. The lowest BCUT2D eigenvalue weighted by molar-refractivity contribution is 0.0975. The predicted octanol–water partition coefficient (Wildman–Crippen LogP) is 1.96. The van der Waals surface area contributed by atoms with E-state index in [0.717, 1.165) is 11.3 Å². The number of rotatable bonds is 2. The number of nitrogens with two attached hydrogens (primary N) is 1. The topological polar surface area (TPSA) is 55.6 Å². The van der Waals surface area contributed by atoms with E-state index in [4.69, 9.17) is 10.5 Å². The molecule has 1 aromatic rings. The molecular formula is C12H14N2O2. The summed E-state index contributed by atoms with van der Waals surface area (Å²) in [5.74, 6) is 0. The van der Waals surface area contributed by atoms with Gasteiger partial charge >= 0.3 is 6.03 Å². The molecule has 2 N–H and O–H groups in total. The van der Waals surface area contributed by atoms with Gasteiger partial charge in [0, 0.05) is 6.61 Å². The molecule has 1 heterocycles. The number of nitrogens with zero attached hydrogens (tertiary/aromatic N) is 1. The summed E-state index contributed by atoms with van der Waals surface area (Å²) in [7, 11) is 0. The first kappa shape index (κ1) is 10.7. The highest BCUT2D eigenvalue weighted by Crippen LogP contribution is 2.28. The molecule has 1 unspecified atom stereocenters. The molecule has 0 aromatic heterocycles. The Labute approximate surface area is 94.3 Å². The van der Waals surface area contributed by atoms with Gasteiger partial charge in [0.05, 0.1) is 5.69 Å². The van der Waals surface area contributed by atoms with E-state index < -0.39 is 12.3 Å². The molecule has 1 aliphatic rings. The third-order valence-electron chi connectivity index (χ3n) is 2.47. The van der Waals surface area contributed by atoms with Crippen molar-refractivity contribution in [1.82, 2.24) is 0 Å². The van der Waals surface area contributed by atoms with Crippen molar-refractivity contribution in [3.8, 4) is 0 Å². The highest BCUT2D eigenvalue weighted by atomic mass is 16.5. The van der Waals surface area contributed by atoms with Crippen molar-refractivity contribution in [1.29, 1.82) is 0 Å². The molecule has 84 valence electrons. The van der Waals surface area contributed by atoms with Crippen LogP contribution in [0.5, 0.6) is 0 Å². The first-order valence-corrected chi connectivity index (χ1v) is 5.21. The summed E-state index contributed by atoms with van der Waals surface area (Å²) in [4.78, 5) is 12.9. The van der Waals surface area contributed by atoms with Gasteiger partial charge in [-0.1, -0.05) is 24.3 Å². The van der Waals surface area contributed by atoms with Gasteiger partial charge in [-0.15, -0.1) is 0 Å². The molecule has 0 saturated carbocycles. The minimum Gasteiger partial charge on any atom is -0.354 e. The molecule has 0 saturated heterocycles. The third kappa shape index (κ3) is 1.79. The number of para-hydroxylation sites is 1. The first-order valence-electron chi connectivity index (χ1n) is 5.21. The van der Waals surface area contributed by atoms with E-state index in [2.05, 4.69) is 0 Å². The molecule has 1 aromatic carbocycles. The molecule has 0 radical (unpaired) electrons. The van der Waals surface area contributed by atoms with Crippen molar-refractivity contribution in [2.24, 2.45) is 5.73 Å². The van der Waals surface area contributed by atoms with Crippen LogP contribution in [0.1, 0.15) is 12.5 Å². The SMILES string of the molecule is CCOC1C=Cc2ccccc2N1C(N)=O. The molecule has 4 heteroatoms. The summed E-state index contributed by atoms with van der Waals surface area (Å²) in [6.07, 6.45) is 3.36. The maximum atomic E-state index is 11.4. The Kier molecular flexibility index (Phi) is 2.92. The third-order valence-corrected chi connectivity index (χ3v) is 2.47. The van der Waals surface area contributed by atoms with Gasteiger partial charge in [0.2, 0.25) is 0 Å². The zero-order valence-electron chi connectivity index (χ0n) is 9.09. The fourth-order valence-electron chi connectivity index (χ4n) is 1.80. The van der Waals surface area contributed by atoms with Crippen LogP contribution in [0.15, 0.2) is 30.3 Å². The number of carbonyl (C=O) groups is 1. The largest absolute Gasteiger partial charge is 0.354 e. The van der Waals surface area contributed by atoms with Crippen LogP contribution < -0.4 is 10.6 Å². The molecule has 2 rings (SSSR count). The van der Waals surface area contributed by atoms with Crippen molar-refractivity contribution in [2.45, 2.75) is 13.2 Å². The molecule has 0 aliphatic carbocycles.